The third kappa shape index (κ3) is 6.24. The Morgan fingerprint density at radius 2 is 2.06 bits per heavy atom. The lowest BCUT2D eigenvalue weighted by atomic mass is 9.89. The molecule has 12 heteroatoms. The van der Waals surface area contributed by atoms with Crippen LogP contribution in [0.5, 0.6) is 0 Å². The van der Waals surface area contributed by atoms with Gasteiger partial charge in [-0.15, -0.1) is 11.3 Å². The summed E-state index contributed by atoms with van der Waals surface area (Å²) < 4.78 is 67.2. The van der Waals surface area contributed by atoms with Crippen LogP contribution in [0.2, 0.25) is 5.02 Å². The van der Waals surface area contributed by atoms with Crippen LogP contribution < -0.4 is 10.0 Å². The molecule has 0 amide bonds. The summed E-state index contributed by atoms with van der Waals surface area (Å²) in [6, 6.07) is 1.99. The van der Waals surface area contributed by atoms with Crippen LogP contribution in [0.15, 0.2) is 28.6 Å². The predicted molar refractivity (Wildman–Crippen MR) is 117 cm³/mol. The van der Waals surface area contributed by atoms with E-state index in [2.05, 4.69) is 15.0 Å². The van der Waals surface area contributed by atoms with E-state index in [0.717, 1.165) is 49.2 Å². The number of thiazole rings is 1. The van der Waals surface area contributed by atoms with Gasteiger partial charge in [0.05, 0.1) is 10.7 Å². The summed E-state index contributed by atoms with van der Waals surface area (Å²) in [6.07, 6.45) is 2.36. The minimum atomic E-state index is -4.19. The molecule has 1 saturated carbocycles. The molecule has 2 N–H and O–H groups in total. The topological polar surface area (TPSA) is 74.3 Å². The molecule has 1 aromatic carbocycles. The van der Waals surface area contributed by atoms with Crippen LogP contribution in [0.25, 0.3) is 0 Å². The molecule has 6 nitrogen and oxygen atoms in total. The van der Waals surface area contributed by atoms with Gasteiger partial charge in [-0.1, -0.05) is 24.4 Å². The fourth-order valence-corrected chi connectivity index (χ4v) is 5.92. The standard InChI is InChI=1S/C19H24ClF3N4O2S2/c1-27(8-6-18(22)23)16-5-3-2-4-14(16)25-15-11-13(21)17(10-12(15)20)31(28,29)26-19-24-7-9-30-19/h7,9-11,14,16,18,25H,2-6,8H2,1H3,(H,24,26)/t14?,16-/m0/s1. The maximum Gasteiger partial charge on any atom is 0.266 e. The number of sulfonamides is 1. The summed E-state index contributed by atoms with van der Waals surface area (Å²) in [5.74, 6) is -0.950. The van der Waals surface area contributed by atoms with E-state index < -0.39 is 27.2 Å². The highest BCUT2D eigenvalue weighted by Crippen LogP contribution is 2.33. The first kappa shape index (κ1) is 24.1. The van der Waals surface area contributed by atoms with E-state index in [1.807, 2.05) is 4.90 Å². The van der Waals surface area contributed by atoms with Crippen LogP contribution in [-0.4, -0.2) is 50.4 Å². The van der Waals surface area contributed by atoms with Crippen molar-refractivity contribution in [3.05, 3.63) is 34.5 Å². The summed E-state index contributed by atoms with van der Waals surface area (Å²) in [5, 5.41) is 4.97. The van der Waals surface area contributed by atoms with Gasteiger partial charge >= 0.3 is 0 Å². The summed E-state index contributed by atoms with van der Waals surface area (Å²) >= 11 is 7.36. The van der Waals surface area contributed by atoms with Gasteiger partial charge in [-0.05, 0) is 32.0 Å². The summed E-state index contributed by atoms with van der Waals surface area (Å²) in [7, 11) is -2.39. The number of benzene rings is 1. The first-order valence-corrected chi connectivity index (χ1v) is 12.6. The van der Waals surface area contributed by atoms with Gasteiger partial charge in [0.25, 0.3) is 10.0 Å². The first-order valence-electron chi connectivity index (χ1n) is 9.83. The highest BCUT2D eigenvalue weighted by Gasteiger charge is 2.30. The van der Waals surface area contributed by atoms with E-state index in [0.29, 0.717) is 0 Å². The van der Waals surface area contributed by atoms with Crippen molar-refractivity contribution in [2.24, 2.45) is 0 Å². The van der Waals surface area contributed by atoms with E-state index in [-0.39, 0.29) is 40.9 Å². The maximum atomic E-state index is 14.7. The monoisotopic (exact) mass is 496 g/mol. The zero-order valence-electron chi connectivity index (χ0n) is 16.8. The third-order valence-corrected chi connectivity index (χ3v) is 7.79. The van der Waals surface area contributed by atoms with Crippen LogP contribution in [0.3, 0.4) is 0 Å². The van der Waals surface area contributed by atoms with Crippen molar-refractivity contribution in [2.75, 3.05) is 23.6 Å². The molecule has 1 heterocycles. The zero-order valence-corrected chi connectivity index (χ0v) is 19.2. The van der Waals surface area contributed by atoms with E-state index in [9.17, 15) is 21.6 Å². The van der Waals surface area contributed by atoms with E-state index in [1.165, 1.54) is 6.20 Å². The molecule has 2 aromatic rings. The molecule has 1 aromatic heterocycles. The van der Waals surface area contributed by atoms with E-state index >= 15 is 0 Å². The molecule has 31 heavy (non-hydrogen) atoms. The molecule has 3 rings (SSSR count). The Balaban J connectivity index is 1.77. The van der Waals surface area contributed by atoms with Crippen molar-refractivity contribution in [3.63, 3.8) is 0 Å². The largest absolute Gasteiger partial charge is 0.379 e. The maximum absolute atomic E-state index is 14.7. The van der Waals surface area contributed by atoms with Crippen molar-refractivity contribution in [2.45, 2.75) is 55.5 Å². The second-order valence-electron chi connectivity index (χ2n) is 7.47. The summed E-state index contributed by atoms with van der Waals surface area (Å²) in [5.41, 5.74) is 0.270. The van der Waals surface area contributed by atoms with E-state index in [4.69, 9.17) is 11.6 Å². The molecular weight excluding hydrogens is 473 g/mol. The molecule has 0 radical (unpaired) electrons. The minimum absolute atomic E-state index is 0.0124. The highest BCUT2D eigenvalue weighted by molar-refractivity contribution is 7.93. The molecule has 172 valence electrons. The molecule has 0 aliphatic heterocycles. The summed E-state index contributed by atoms with van der Waals surface area (Å²) in [6.45, 7) is 0.252. The number of hydrogen-bond donors (Lipinski definition) is 2. The lowest BCUT2D eigenvalue weighted by molar-refractivity contribution is 0.101. The number of nitrogens with one attached hydrogen (secondary N) is 2. The van der Waals surface area contributed by atoms with Crippen molar-refractivity contribution >= 4 is 43.8 Å². The Hall–Kier alpha value is -1.56. The number of halogens is 4. The Morgan fingerprint density at radius 3 is 2.74 bits per heavy atom. The van der Waals surface area contributed by atoms with Crippen LogP contribution >= 0.6 is 22.9 Å². The number of anilines is 2. The zero-order chi connectivity index (χ0) is 22.6. The van der Waals surface area contributed by atoms with Gasteiger partial charge in [-0.25, -0.2) is 26.6 Å². The molecule has 0 spiro atoms. The Morgan fingerprint density at radius 1 is 1.32 bits per heavy atom. The van der Waals surface area contributed by atoms with Crippen LogP contribution in [-0.2, 0) is 10.0 Å². The third-order valence-electron chi connectivity index (χ3n) is 5.30. The number of alkyl halides is 2. The average molecular weight is 497 g/mol. The fraction of sp³-hybridized carbons (Fsp3) is 0.526. The van der Waals surface area contributed by atoms with Crippen molar-refractivity contribution in [3.8, 4) is 0 Å². The highest BCUT2D eigenvalue weighted by atomic mass is 35.5. The van der Waals surface area contributed by atoms with Crippen molar-refractivity contribution in [1.29, 1.82) is 0 Å². The first-order chi connectivity index (χ1) is 14.7. The van der Waals surface area contributed by atoms with Gasteiger partial charge in [0, 0.05) is 36.6 Å². The van der Waals surface area contributed by atoms with Gasteiger partial charge in [0.2, 0.25) is 6.43 Å². The Kier molecular flexibility index (Phi) is 8.06. The molecule has 1 aliphatic carbocycles. The SMILES string of the molecule is CN(CCC(F)F)[C@H]1CCCCC1Nc1cc(F)c(S(=O)(=O)Nc2nccs2)cc1Cl. The van der Waals surface area contributed by atoms with Gasteiger partial charge in [0.15, 0.2) is 5.13 Å². The van der Waals surface area contributed by atoms with Crippen LogP contribution in [0, 0.1) is 5.82 Å². The van der Waals surface area contributed by atoms with Gasteiger partial charge in [-0.3, -0.25) is 4.72 Å². The summed E-state index contributed by atoms with van der Waals surface area (Å²) in [4.78, 5) is 5.15. The lowest BCUT2D eigenvalue weighted by Crippen LogP contribution is -2.47. The molecular formula is C19H24ClF3N4O2S2. The van der Waals surface area contributed by atoms with Gasteiger partial charge < -0.3 is 10.2 Å². The van der Waals surface area contributed by atoms with Crippen LogP contribution in [0.1, 0.15) is 32.1 Å². The average Bonchev–Trinajstić information content (AvgIpc) is 3.21. The number of nitrogens with zero attached hydrogens (tertiary/aromatic N) is 2. The quantitative estimate of drug-likeness (QED) is 0.508. The second-order valence-corrected chi connectivity index (χ2v) is 10.4. The number of aromatic nitrogens is 1. The smallest absolute Gasteiger partial charge is 0.266 e. The number of hydrogen-bond acceptors (Lipinski definition) is 6. The Bertz CT molecular complexity index is 977. The number of likely N-dealkylation sites (N-methyl/N-ethyl adjacent to an activating group) is 1. The van der Waals surface area contributed by atoms with Gasteiger partial charge in [-0.2, -0.15) is 0 Å². The molecule has 0 saturated heterocycles. The molecule has 1 fully saturated rings. The second kappa shape index (κ2) is 10.4. The molecule has 1 aliphatic rings. The normalized spacial score (nSPS) is 19.7. The lowest BCUT2D eigenvalue weighted by Gasteiger charge is -2.39. The minimum Gasteiger partial charge on any atom is -0.379 e. The van der Waals surface area contributed by atoms with Crippen LogP contribution in [0.4, 0.5) is 24.0 Å². The predicted octanol–water partition coefficient (Wildman–Crippen LogP) is 5.05. The number of rotatable bonds is 9. The van der Waals surface area contributed by atoms with Gasteiger partial charge in [0.1, 0.15) is 10.7 Å². The van der Waals surface area contributed by atoms with Crippen molar-refractivity contribution < 1.29 is 21.6 Å². The molecule has 1 unspecified atom stereocenters. The Labute approximate surface area is 188 Å². The molecule has 2 atom stereocenters. The molecule has 0 bridgehead atoms. The van der Waals surface area contributed by atoms with Crippen molar-refractivity contribution in [1.82, 2.24) is 9.88 Å². The fourth-order valence-electron chi connectivity index (χ4n) is 3.76. The van der Waals surface area contributed by atoms with E-state index in [1.54, 1.807) is 12.4 Å².